The molecule has 2 aromatic rings. The summed E-state index contributed by atoms with van der Waals surface area (Å²) < 4.78 is 23.1. The molecule has 1 amide bonds. The summed E-state index contributed by atoms with van der Waals surface area (Å²) in [6.45, 7) is 1.45. The Labute approximate surface area is 139 Å². The summed E-state index contributed by atoms with van der Waals surface area (Å²) in [6.07, 6.45) is 1.05. The number of Topliss-reactive ketones (excluding diaryl/α,β-unsaturated/α-hetero) is 1. The molecule has 7 heteroatoms. The first-order chi connectivity index (χ1) is 10.7. The Kier molecular flexibility index (Phi) is 4.87. The molecule has 0 aliphatic carbocycles. The van der Waals surface area contributed by atoms with E-state index in [1.165, 1.54) is 25.1 Å². The molecule has 0 aliphatic rings. The molecule has 2 aromatic carbocycles. The van der Waals surface area contributed by atoms with Gasteiger partial charge in [-0.1, -0.05) is 11.6 Å². The van der Waals surface area contributed by atoms with Gasteiger partial charge in [0, 0.05) is 17.5 Å². The van der Waals surface area contributed by atoms with Gasteiger partial charge in [0.25, 0.3) is 5.91 Å². The second-order valence-corrected chi connectivity index (χ2v) is 7.42. The third-order valence-corrected chi connectivity index (χ3v) is 4.60. The summed E-state index contributed by atoms with van der Waals surface area (Å²) >= 11 is 5.97. The van der Waals surface area contributed by atoms with Gasteiger partial charge < -0.3 is 5.32 Å². The lowest BCUT2D eigenvalue weighted by Gasteiger charge is -2.09. The minimum Gasteiger partial charge on any atom is -0.322 e. The molecule has 0 atom stereocenters. The number of carbonyl (C=O) groups excluding carboxylic acids is 2. The van der Waals surface area contributed by atoms with Crippen LogP contribution in [-0.4, -0.2) is 26.4 Å². The second kappa shape index (κ2) is 6.52. The van der Waals surface area contributed by atoms with E-state index >= 15 is 0 Å². The van der Waals surface area contributed by atoms with Crippen LogP contribution < -0.4 is 5.32 Å². The van der Waals surface area contributed by atoms with Gasteiger partial charge in [-0.3, -0.25) is 9.59 Å². The van der Waals surface area contributed by atoms with Crippen molar-refractivity contribution in [3.8, 4) is 0 Å². The minimum atomic E-state index is -3.44. The zero-order chi connectivity index (χ0) is 17.2. The van der Waals surface area contributed by atoms with Gasteiger partial charge in [-0.15, -0.1) is 0 Å². The maximum absolute atomic E-state index is 12.3. The molecule has 0 bridgehead atoms. The number of ketones is 1. The third kappa shape index (κ3) is 4.18. The SMILES string of the molecule is CC(=O)c1ccc(NC(=O)c2cc(S(C)(=O)=O)ccc2Cl)cc1. The smallest absolute Gasteiger partial charge is 0.257 e. The van der Waals surface area contributed by atoms with E-state index < -0.39 is 15.7 Å². The van der Waals surface area contributed by atoms with E-state index in [4.69, 9.17) is 11.6 Å². The summed E-state index contributed by atoms with van der Waals surface area (Å²) in [7, 11) is -3.44. The van der Waals surface area contributed by atoms with Crippen molar-refractivity contribution in [2.45, 2.75) is 11.8 Å². The molecule has 0 heterocycles. The molecule has 0 aromatic heterocycles. The summed E-state index contributed by atoms with van der Waals surface area (Å²) in [5, 5.41) is 2.76. The lowest BCUT2D eigenvalue weighted by molar-refractivity contribution is 0.101. The van der Waals surface area contributed by atoms with Crippen LogP contribution in [0.15, 0.2) is 47.4 Å². The van der Waals surface area contributed by atoms with Crippen molar-refractivity contribution in [2.75, 3.05) is 11.6 Å². The van der Waals surface area contributed by atoms with E-state index in [1.54, 1.807) is 24.3 Å². The van der Waals surface area contributed by atoms with E-state index in [-0.39, 0.29) is 21.3 Å². The number of nitrogens with one attached hydrogen (secondary N) is 1. The van der Waals surface area contributed by atoms with Gasteiger partial charge in [-0.25, -0.2) is 8.42 Å². The Morgan fingerprint density at radius 1 is 1.04 bits per heavy atom. The van der Waals surface area contributed by atoms with Crippen molar-refractivity contribution in [1.82, 2.24) is 0 Å². The molecule has 0 radical (unpaired) electrons. The molecule has 0 aliphatic heterocycles. The van der Waals surface area contributed by atoms with E-state index in [2.05, 4.69) is 5.32 Å². The Hall–Kier alpha value is -2.18. The number of carbonyl (C=O) groups is 2. The third-order valence-electron chi connectivity index (χ3n) is 3.16. The minimum absolute atomic E-state index is 0.0129. The highest BCUT2D eigenvalue weighted by Crippen LogP contribution is 2.22. The predicted molar refractivity (Wildman–Crippen MR) is 89.0 cm³/mol. The molecule has 0 fully saturated rings. The summed E-state index contributed by atoms with van der Waals surface area (Å²) in [5.41, 5.74) is 1.06. The maximum atomic E-state index is 12.3. The number of sulfone groups is 1. The molecule has 5 nitrogen and oxygen atoms in total. The predicted octanol–water partition coefficient (Wildman–Crippen LogP) is 3.20. The second-order valence-electron chi connectivity index (χ2n) is 5.00. The summed E-state index contributed by atoms with van der Waals surface area (Å²) in [4.78, 5) is 23.5. The zero-order valence-corrected chi connectivity index (χ0v) is 14.0. The Bertz CT molecular complexity index is 873. The largest absolute Gasteiger partial charge is 0.322 e. The van der Waals surface area contributed by atoms with Crippen molar-refractivity contribution in [3.05, 3.63) is 58.6 Å². The number of benzene rings is 2. The lowest BCUT2D eigenvalue weighted by atomic mass is 10.1. The Morgan fingerprint density at radius 3 is 2.17 bits per heavy atom. The highest BCUT2D eigenvalue weighted by molar-refractivity contribution is 7.90. The summed E-state index contributed by atoms with van der Waals surface area (Å²) in [6, 6.07) is 10.3. The molecule has 1 N–H and O–H groups in total. The fourth-order valence-electron chi connectivity index (χ4n) is 1.90. The van der Waals surface area contributed by atoms with Crippen molar-refractivity contribution in [1.29, 1.82) is 0 Å². The van der Waals surface area contributed by atoms with Crippen LogP contribution in [0.25, 0.3) is 0 Å². The van der Waals surface area contributed by atoms with Crippen LogP contribution >= 0.6 is 11.6 Å². The van der Waals surface area contributed by atoms with Gasteiger partial charge in [0.2, 0.25) is 0 Å². The monoisotopic (exact) mass is 351 g/mol. The van der Waals surface area contributed by atoms with Crippen LogP contribution in [0.2, 0.25) is 5.02 Å². The maximum Gasteiger partial charge on any atom is 0.257 e. The zero-order valence-electron chi connectivity index (χ0n) is 12.5. The van der Waals surface area contributed by atoms with Gasteiger partial charge >= 0.3 is 0 Å². The molecule has 0 saturated carbocycles. The first kappa shape index (κ1) is 17.2. The molecule has 0 spiro atoms. The van der Waals surface area contributed by atoms with Gasteiger partial charge in [0.15, 0.2) is 15.6 Å². The average molecular weight is 352 g/mol. The molecule has 0 saturated heterocycles. The van der Waals surface area contributed by atoms with Crippen LogP contribution in [0, 0.1) is 0 Å². The first-order valence-corrected chi connectivity index (χ1v) is 8.87. The van der Waals surface area contributed by atoms with Crippen LogP contribution in [0.1, 0.15) is 27.6 Å². The highest BCUT2D eigenvalue weighted by Gasteiger charge is 2.15. The van der Waals surface area contributed by atoms with E-state index in [0.717, 1.165) is 6.26 Å². The molecule has 120 valence electrons. The van der Waals surface area contributed by atoms with Crippen molar-refractivity contribution in [2.24, 2.45) is 0 Å². The molecular formula is C16H14ClNO4S. The van der Waals surface area contributed by atoms with Gasteiger partial charge in [-0.05, 0) is 49.4 Å². The quantitative estimate of drug-likeness (QED) is 0.858. The Balaban J connectivity index is 2.28. The van der Waals surface area contributed by atoms with E-state index in [0.29, 0.717) is 11.3 Å². The van der Waals surface area contributed by atoms with Crippen LogP contribution in [0.5, 0.6) is 0 Å². The Morgan fingerprint density at radius 2 is 1.65 bits per heavy atom. The number of amides is 1. The van der Waals surface area contributed by atoms with Crippen molar-refractivity contribution < 1.29 is 18.0 Å². The van der Waals surface area contributed by atoms with Crippen molar-refractivity contribution >= 4 is 38.8 Å². The van der Waals surface area contributed by atoms with Gasteiger partial charge in [0.05, 0.1) is 15.5 Å². The normalized spacial score (nSPS) is 11.1. The van der Waals surface area contributed by atoms with Crippen LogP contribution in [0.4, 0.5) is 5.69 Å². The van der Waals surface area contributed by atoms with E-state index in [9.17, 15) is 18.0 Å². The number of rotatable bonds is 4. The number of halogens is 1. The molecule has 0 unspecified atom stereocenters. The number of hydrogen-bond donors (Lipinski definition) is 1. The topological polar surface area (TPSA) is 80.3 Å². The van der Waals surface area contributed by atoms with E-state index in [1.807, 2.05) is 0 Å². The number of anilines is 1. The van der Waals surface area contributed by atoms with Crippen LogP contribution in [-0.2, 0) is 9.84 Å². The standard InChI is InChI=1S/C16H14ClNO4S/c1-10(19)11-3-5-12(6-4-11)18-16(20)14-9-13(23(2,21)22)7-8-15(14)17/h3-9H,1-2H3,(H,18,20). The number of hydrogen-bond acceptors (Lipinski definition) is 4. The highest BCUT2D eigenvalue weighted by atomic mass is 35.5. The van der Waals surface area contributed by atoms with Crippen LogP contribution in [0.3, 0.4) is 0 Å². The van der Waals surface area contributed by atoms with Crippen molar-refractivity contribution in [3.63, 3.8) is 0 Å². The van der Waals surface area contributed by atoms with Gasteiger partial charge in [-0.2, -0.15) is 0 Å². The fraction of sp³-hybridized carbons (Fsp3) is 0.125. The molecule has 2 rings (SSSR count). The lowest BCUT2D eigenvalue weighted by Crippen LogP contribution is -2.13. The molecule has 23 heavy (non-hydrogen) atoms. The summed E-state index contributed by atoms with van der Waals surface area (Å²) in [5.74, 6) is -0.608. The fourth-order valence-corrected chi connectivity index (χ4v) is 2.75. The first-order valence-electron chi connectivity index (χ1n) is 6.60. The average Bonchev–Trinajstić information content (AvgIpc) is 2.46. The van der Waals surface area contributed by atoms with Gasteiger partial charge in [0.1, 0.15) is 0 Å². The molecular weight excluding hydrogens is 338 g/mol.